The zero-order valence-corrected chi connectivity index (χ0v) is 9.76. The first-order chi connectivity index (χ1) is 8.05. The first-order valence-electron chi connectivity index (χ1n) is 5.33. The lowest BCUT2D eigenvalue weighted by molar-refractivity contribution is -0.140. The van der Waals surface area contributed by atoms with E-state index in [0.29, 0.717) is 0 Å². The fourth-order valence-corrected chi connectivity index (χ4v) is 1.15. The van der Waals surface area contributed by atoms with Crippen LogP contribution in [0.2, 0.25) is 0 Å². The van der Waals surface area contributed by atoms with Crippen LogP contribution < -0.4 is 0 Å². The highest BCUT2D eigenvalue weighted by atomic mass is 16.5. The average molecular weight is 248 g/mol. The lowest BCUT2D eigenvalue weighted by Crippen LogP contribution is -2.34. The van der Waals surface area contributed by atoms with Crippen molar-refractivity contribution in [2.75, 3.05) is 33.0 Å². The van der Waals surface area contributed by atoms with Crippen molar-refractivity contribution in [1.29, 1.82) is 0 Å². The summed E-state index contributed by atoms with van der Waals surface area (Å²) in [5.41, 5.74) is -0.835. The molecule has 4 N–H and O–H groups in total. The molecule has 0 heterocycles. The zero-order valence-electron chi connectivity index (χ0n) is 9.76. The van der Waals surface area contributed by atoms with Crippen molar-refractivity contribution in [3.63, 3.8) is 0 Å². The van der Waals surface area contributed by atoms with E-state index in [1.54, 1.807) is 0 Å². The molecule has 0 rings (SSSR count). The maximum atomic E-state index is 11.3. The third-order valence-electron chi connectivity index (χ3n) is 2.58. The van der Waals surface area contributed by atoms with Gasteiger partial charge in [0.2, 0.25) is 0 Å². The maximum absolute atomic E-state index is 11.3. The number of hydrogen-bond donors (Lipinski definition) is 4. The molecule has 0 saturated heterocycles. The monoisotopic (exact) mass is 248 g/mol. The summed E-state index contributed by atoms with van der Waals surface area (Å²) in [6, 6.07) is 0. The summed E-state index contributed by atoms with van der Waals surface area (Å²) >= 11 is 0. The van der Waals surface area contributed by atoms with Gasteiger partial charge in [-0.2, -0.15) is 0 Å². The molecule has 0 unspecified atom stereocenters. The van der Waals surface area contributed by atoms with Crippen molar-refractivity contribution >= 4 is 5.97 Å². The van der Waals surface area contributed by atoms with E-state index in [1.807, 2.05) is 0 Å². The van der Waals surface area contributed by atoms with Gasteiger partial charge in [-0.3, -0.25) is 0 Å². The standard InChI is InChI=1S/C11H20O6/c1-9(10(16)17-5-4-12)2-3-11(6-13,7-14)8-15/h12-15H,1-8H2. The van der Waals surface area contributed by atoms with Crippen LogP contribution in [0.25, 0.3) is 0 Å². The number of rotatable bonds is 9. The second-order valence-corrected chi connectivity index (χ2v) is 3.94. The quantitative estimate of drug-likeness (QED) is 0.302. The molecular formula is C11H20O6. The number of ether oxygens (including phenoxy) is 1. The molecule has 6 heteroatoms. The van der Waals surface area contributed by atoms with Crippen molar-refractivity contribution in [2.45, 2.75) is 12.8 Å². The molecule has 0 radical (unpaired) electrons. The van der Waals surface area contributed by atoms with Gasteiger partial charge in [0.05, 0.1) is 26.4 Å². The maximum Gasteiger partial charge on any atom is 0.333 e. The Morgan fingerprint density at radius 1 is 1.12 bits per heavy atom. The summed E-state index contributed by atoms with van der Waals surface area (Å²) < 4.78 is 4.64. The Hall–Kier alpha value is -0.950. The highest BCUT2D eigenvalue weighted by molar-refractivity contribution is 5.87. The van der Waals surface area contributed by atoms with Crippen LogP contribution in [0.1, 0.15) is 12.8 Å². The smallest absolute Gasteiger partial charge is 0.333 e. The van der Waals surface area contributed by atoms with Gasteiger partial charge in [-0.15, -0.1) is 0 Å². The molecule has 0 aromatic carbocycles. The van der Waals surface area contributed by atoms with Crippen LogP contribution in [0.4, 0.5) is 0 Å². The second-order valence-electron chi connectivity index (χ2n) is 3.94. The number of aliphatic hydroxyl groups is 4. The van der Waals surface area contributed by atoms with Gasteiger partial charge in [0.25, 0.3) is 0 Å². The van der Waals surface area contributed by atoms with Crippen molar-refractivity contribution in [2.24, 2.45) is 5.41 Å². The highest BCUT2D eigenvalue weighted by Crippen LogP contribution is 2.24. The Labute approximate surface area is 100 Å². The summed E-state index contributed by atoms with van der Waals surface area (Å²) in [6.07, 6.45) is 0.426. The van der Waals surface area contributed by atoms with Crippen LogP contribution >= 0.6 is 0 Å². The SMILES string of the molecule is C=C(CCC(CO)(CO)CO)C(=O)OCCO. The summed E-state index contributed by atoms with van der Waals surface area (Å²) in [7, 11) is 0. The molecule has 100 valence electrons. The molecule has 17 heavy (non-hydrogen) atoms. The largest absolute Gasteiger partial charge is 0.460 e. The van der Waals surface area contributed by atoms with E-state index in [-0.39, 0.29) is 51.4 Å². The Bertz CT molecular complexity index is 238. The van der Waals surface area contributed by atoms with Crippen LogP contribution in [0, 0.1) is 5.41 Å². The fraction of sp³-hybridized carbons (Fsp3) is 0.727. The summed E-state index contributed by atoms with van der Waals surface area (Å²) in [5, 5.41) is 35.7. The van der Waals surface area contributed by atoms with Gasteiger partial charge in [-0.05, 0) is 12.8 Å². The number of aliphatic hydroxyl groups excluding tert-OH is 4. The van der Waals surface area contributed by atoms with Gasteiger partial charge >= 0.3 is 5.97 Å². The van der Waals surface area contributed by atoms with Crippen molar-refractivity contribution in [3.05, 3.63) is 12.2 Å². The molecule has 0 aliphatic heterocycles. The topological polar surface area (TPSA) is 107 Å². The normalized spacial score (nSPS) is 11.3. The van der Waals surface area contributed by atoms with Crippen LogP contribution in [0.5, 0.6) is 0 Å². The molecule has 0 amide bonds. The van der Waals surface area contributed by atoms with Crippen LogP contribution in [0.15, 0.2) is 12.2 Å². The van der Waals surface area contributed by atoms with E-state index in [9.17, 15) is 4.79 Å². The lowest BCUT2D eigenvalue weighted by atomic mass is 9.84. The first kappa shape index (κ1) is 16.1. The summed E-state index contributed by atoms with van der Waals surface area (Å²) in [4.78, 5) is 11.3. The Kier molecular flexibility index (Phi) is 7.73. The summed E-state index contributed by atoms with van der Waals surface area (Å²) in [5.74, 6) is -0.623. The predicted octanol–water partition coefficient (Wildman–Crippen LogP) is -1.18. The van der Waals surface area contributed by atoms with E-state index >= 15 is 0 Å². The molecule has 0 aliphatic rings. The second kappa shape index (κ2) is 8.19. The Balaban J connectivity index is 4.17. The van der Waals surface area contributed by atoms with Gasteiger partial charge in [-0.1, -0.05) is 6.58 Å². The number of hydrogen-bond acceptors (Lipinski definition) is 6. The Morgan fingerprint density at radius 3 is 2.06 bits per heavy atom. The molecule has 6 nitrogen and oxygen atoms in total. The molecule has 0 bridgehead atoms. The number of esters is 1. The van der Waals surface area contributed by atoms with E-state index < -0.39 is 11.4 Å². The minimum atomic E-state index is -1.01. The predicted molar refractivity (Wildman–Crippen MR) is 60.1 cm³/mol. The minimum Gasteiger partial charge on any atom is -0.460 e. The number of carbonyl (C=O) groups is 1. The molecule has 0 aliphatic carbocycles. The highest BCUT2D eigenvalue weighted by Gasteiger charge is 2.28. The molecular weight excluding hydrogens is 228 g/mol. The molecule has 0 aromatic rings. The van der Waals surface area contributed by atoms with Gasteiger partial charge in [0.1, 0.15) is 6.61 Å². The first-order valence-corrected chi connectivity index (χ1v) is 5.33. The lowest BCUT2D eigenvalue weighted by Gasteiger charge is -2.27. The molecule has 0 saturated carbocycles. The number of carbonyl (C=O) groups excluding carboxylic acids is 1. The molecule has 0 fully saturated rings. The van der Waals surface area contributed by atoms with E-state index in [2.05, 4.69) is 11.3 Å². The van der Waals surface area contributed by atoms with E-state index in [1.165, 1.54) is 0 Å². The third-order valence-corrected chi connectivity index (χ3v) is 2.58. The van der Waals surface area contributed by atoms with E-state index in [4.69, 9.17) is 20.4 Å². The fourth-order valence-electron chi connectivity index (χ4n) is 1.15. The zero-order chi connectivity index (χ0) is 13.3. The van der Waals surface area contributed by atoms with E-state index in [0.717, 1.165) is 0 Å². The molecule has 0 atom stereocenters. The minimum absolute atomic E-state index is 0.0942. The van der Waals surface area contributed by atoms with Crippen LogP contribution in [-0.4, -0.2) is 59.4 Å². The van der Waals surface area contributed by atoms with Crippen molar-refractivity contribution in [3.8, 4) is 0 Å². The Morgan fingerprint density at radius 2 is 1.65 bits per heavy atom. The van der Waals surface area contributed by atoms with Gasteiger partial charge in [-0.25, -0.2) is 4.79 Å². The van der Waals surface area contributed by atoms with Crippen LogP contribution in [0.3, 0.4) is 0 Å². The average Bonchev–Trinajstić information content (AvgIpc) is 2.37. The summed E-state index contributed by atoms with van der Waals surface area (Å²) in [6.45, 7) is 2.03. The molecule has 0 aromatic heterocycles. The molecule has 0 spiro atoms. The van der Waals surface area contributed by atoms with Crippen LogP contribution in [-0.2, 0) is 9.53 Å². The third kappa shape index (κ3) is 5.27. The van der Waals surface area contributed by atoms with Gasteiger partial charge in [0.15, 0.2) is 0 Å². The van der Waals surface area contributed by atoms with Gasteiger partial charge in [0, 0.05) is 11.0 Å². The van der Waals surface area contributed by atoms with Crippen molar-refractivity contribution < 1.29 is 30.0 Å². The van der Waals surface area contributed by atoms with Crippen molar-refractivity contribution in [1.82, 2.24) is 0 Å². The van der Waals surface area contributed by atoms with Gasteiger partial charge < -0.3 is 25.2 Å².